The second kappa shape index (κ2) is 5.53. The first kappa shape index (κ1) is 13.7. The molecular weight excluding hydrogens is 309 g/mol. The van der Waals surface area contributed by atoms with Crippen LogP contribution in [0.2, 0.25) is 0 Å². The van der Waals surface area contributed by atoms with Gasteiger partial charge in [0.1, 0.15) is 5.82 Å². The van der Waals surface area contributed by atoms with Gasteiger partial charge in [-0.15, -0.1) is 0 Å². The molecule has 2 rings (SSSR count). The summed E-state index contributed by atoms with van der Waals surface area (Å²) in [5, 5.41) is 0. The number of hydrogen-bond acceptors (Lipinski definition) is 2. The molecule has 0 bridgehead atoms. The van der Waals surface area contributed by atoms with Gasteiger partial charge in [0.05, 0.1) is 10.0 Å². The molecule has 4 heteroatoms. The van der Waals surface area contributed by atoms with Crippen LogP contribution in [0.4, 0.5) is 10.1 Å². The molecule has 2 aromatic rings. The van der Waals surface area contributed by atoms with E-state index in [9.17, 15) is 9.18 Å². The van der Waals surface area contributed by atoms with Crippen LogP contribution in [0.5, 0.6) is 0 Å². The average molecular weight is 322 g/mol. The lowest BCUT2D eigenvalue weighted by atomic mass is 10.0. The summed E-state index contributed by atoms with van der Waals surface area (Å²) in [7, 11) is 3.84. The molecule has 2 aromatic carbocycles. The van der Waals surface area contributed by atoms with Crippen LogP contribution in [-0.4, -0.2) is 19.9 Å². The van der Waals surface area contributed by atoms with Crippen molar-refractivity contribution >= 4 is 27.4 Å². The lowest BCUT2D eigenvalue weighted by Crippen LogP contribution is -2.09. The standard InChI is InChI=1S/C15H13BrFNO/c1-18(2)11-8-6-10(7-9-11)15(19)12-4-3-5-13(16)14(12)17/h3-9H,1-2H3. The van der Waals surface area contributed by atoms with Crippen LogP contribution < -0.4 is 4.90 Å². The topological polar surface area (TPSA) is 20.3 Å². The Morgan fingerprint density at radius 3 is 2.32 bits per heavy atom. The molecule has 0 aliphatic rings. The molecule has 0 radical (unpaired) electrons. The Morgan fingerprint density at radius 1 is 1.11 bits per heavy atom. The Balaban J connectivity index is 2.36. The number of benzene rings is 2. The van der Waals surface area contributed by atoms with Crippen molar-refractivity contribution in [1.29, 1.82) is 0 Å². The number of carbonyl (C=O) groups excluding carboxylic acids is 1. The van der Waals surface area contributed by atoms with Crippen LogP contribution in [0.15, 0.2) is 46.9 Å². The Morgan fingerprint density at radius 2 is 1.74 bits per heavy atom. The summed E-state index contributed by atoms with van der Waals surface area (Å²) in [6.07, 6.45) is 0. The van der Waals surface area contributed by atoms with E-state index in [2.05, 4.69) is 15.9 Å². The Bertz CT molecular complexity index is 608. The van der Waals surface area contributed by atoms with Crippen molar-refractivity contribution in [3.63, 3.8) is 0 Å². The van der Waals surface area contributed by atoms with Crippen LogP contribution >= 0.6 is 15.9 Å². The van der Waals surface area contributed by atoms with E-state index in [1.807, 2.05) is 31.1 Å². The van der Waals surface area contributed by atoms with Gasteiger partial charge in [-0.25, -0.2) is 4.39 Å². The minimum Gasteiger partial charge on any atom is -0.378 e. The number of carbonyl (C=O) groups is 1. The first-order valence-electron chi connectivity index (χ1n) is 5.77. The number of anilines is 1. The lowest BCUT2D eigenvalue weighted by molar-refractivity contribution is 0.103. The van der Waals surface area contributed by atoms with Crippen molar-refractivity contribution in [2.45, 2.75) is 0 Å². The van der Waals surface area contributed by atoms with Crippen LogP contribution in [-0.2, 0) is 0 Å². The smallest absolute Gasteiger partial charge is 0.196 e. The Labute approximate surface area is 120 Å². The molecule has 0 fully saturated rings. The average Bonchev–Trinajstić information content (AvgIpc) is 2.41. The molecular formula is C15H13BrFNO. The first-order valence-corrected chi connectivity index (χ1v) is 6.56. The van der Waals surface area contributed by atoms with Gasteiger partial charge < -0.3 is 4.90 Å². The van der Waals surface area contributed by atoms with Gasteiger partial charge in [0, 0.05) is 25.3 Å². The molecule has 19 heavy (non-hydrogen) atoms. The highest BCUT2D eigenvalue weighted by Gasteiger charge is 2.15. The fourth-order valence-electron chi connectivity index (χ4n) is 1.75. The molecule has 0 atom stereocenters. The first-order chi connectivity index (χ1) is 9.00. The molecule has 2 nitrogen and oxygen atoms in total. The number of rotatable bonds is 3. The normalized spacial score (nSPS) is 10.3. The van der Waals surface area contributed by atoms with Gasteiger partial charge in [-0.1, -0.05) is 6.07 Å². The highest BCUT2D eigenvalue weighted by Crippen LogP contribution is 2.22. The molecule has 0 saturated heterocycles. The summed E-state index contributed by atoms with van der Waals surface area (Å²) in [6, 6.07) is 11.8. The van der Waals surface area contributed by atoms with E-state index in [1.54, 1.807) is 24.3 Å². The van der Waals surface area contributed by atoms with Gasteiger partial charge in [0.15, 0.2) is 5.78 Å². The second-order valence-corrected chi connectivity index (χ2v) is 5.23. The van der Waals surface area contributed by atoms with Crippen molar-refractivity contribution in [1.82, 2.24) is 0 Å². The third-order valence-corrected chi connectivity index (χ3v) is 3.45. The van der Waals surface area contributed by atoms with Crippen molar-refractivity contribution in [2.24, 2.45) is 0 Å². The summed E-state index contributed by atoms with van der Waals surface area (Å²) in [5.74, 6) is -0.840. The largest absolute Gasteiger partial charge is 0.378 e. The van der Waals surface area contributed by atoms with Gasteiger partial charge in [-0.2, -0.15) is 0 Å². The number of hydrogen-bond donors (Lipinski definition) is 0. The van der Waals surface area contributed by atoms with E-state index < -0.39 is 5.82 Å². The van der Waals surface area contributed by atoms with Gasteiger partial charge >= 0.3 is 0 Å². The summed E-state index contributed by atoms with van der Waals surface area (Å²) < 4.78 is 14.2. The third-order valence-electron chi connectivity index (χ3n) is 2.84. The summed E-state index contributed by atoms with van der Waals surface area (Å²) in [6.45, 7) is 0. The monoisotopic (exact) mass is 321 g/mol. The van der Waals surface area contributed by atoms with E-state index in [0.29, 0.717) is 10.0 Å². The fraction of sp³-hybridized carbons (Fsp3) is 0.133. The third kappa shape index (κ3) is 2.84. The van der Waals surface area contributed by atoms with Crippen LogP contribution in [0.3, 0.4) is 0 Å². The summed E-state index contributed by atoms with van der Waals surface area (Å²) in [4.78, 5) is 14.2. The molecule has 98 valence electrons. The number of halogens is 2. The zero-order chi connectivity index (χ0) is 14.0. The predicted octanol–water partition coefficient (Wildman–Crippen LogP) is 3.89. The molecule has 0 N–H and O–H groups in total. The highest BCUT2D eigenvalue weighted by molar-refractivity contribution is 9.10. The zero-order valence-electron chi connectivity index (χ0n) is 10.7. The van der Waals surface area contributed by atoms with Gasteiger partial charge in [-0.05, 0) is 52.3 Å². The van der Waals surface area contributed by atoms with Gasteiger partial charge in [0.2, 0.25) is 0 Å². The molecule has 0 amide bonds. The SMILES string of the molecule is CN(C)c1ccc(C(=O)c2cccc(Br)c2F)cc1. The Kier molecular flexibility index (Phi) is 4.00. The minimum absolute atomic E-state index is 0.0759. The molecule has 0 aliphatic carbocycles. The summed E-state index contributed by atoms with van der Waals surface area (Å²) >= 11 is 3.08. The van der Waals surface area contributed by atoms with Crippen molar-refractivity contribution in [3.05, 3.63) is 63.9 Å². The fourth-order valence-corrected chi connectivity index (χ4v) is 2.11. The minimum atomic E-state index is -0.524. The van der Waals surface area contributed by atoms with Crippen LogP contribution in [0, 0.1) is 5.82 Å². The molecule has 0 unspecified atom stereocenters. The van der Waals surface area contributed by atoms with E-state index in [-0.39, 0.29) is 11.3 Å². The van der Waals surface area contributed by atoms with Crippen molar-refractivity contribution in [2.75, 3.05) is 19.0 Å². The van der Waals surface area contributed by atoms with E-state index in [0.717, 1.165) is 5.69 Å². The number of nitrogens with zero attached hydrogens (tertiary/aromatic N) is 1. The molecule has 0 spiro atoms. The van der Waals surface area contributed by atoms with Gasteiger partial charge in [-0.3, -0.25) is 4.79 Å². The predicted molar refractivity (Wildman–Crippen MR) is 78.3 cm³/mol. The highest BCUT2D eigenvalue weighted by atomic mass is 79.9. The quantitative estimate of drug-likeness (QED) is 0.799. The van der Waals surface area contributed by atoms with Gasteiger partial charge in [0.25, 0.3) is 0 Å². The molecule has 0 heterocycles. The van der Waals surface area contributed by atoms with Crippen LogP contribution in [0.1, 0.15) is 15.9 Å². The molecule has 0 saturated carbocycles. The van der Waals surface area contributed by atoms with E-state index in [4.69, 9.17) is 0 Å². The zero-order valence-corrected chi connectivity index (χ0v) is 12.2. The maximum absolute atomic E-state index is 13.9. The maximum Gasteiger partial charge on any atom is 0.196 e. The second-order valence-electron chi connectivity index (χ2n) is 4.37. The lowest BCUT2D eigenvalue weighted by Gasteiger charge is -2.12. The number of ketones is 1. The molecule has 0 aliphatic heterocycles. The summed E-state index contributed by atoms with van der Waals surface area (Å²) in [5.41, 5.74) is 1.54. The van der Waals surface area contributed by atoms with Crippen LogP contribution in [0.25, 0.3) is 0 Å². The maximum atomic E-state index is 13.9. The van der Waals surface area contributed by atoms with Crippen molar-refractivity contribution < 1.29 is 9.18 Å². The molecule has 0 aromatic heterocycles. The van der Waals surface area contributed by atoms with E-state index in [1.165, 1.54) is 6.07 Å². The Hall–Kier alpha value is -1.68. The van der Waals surface area contributed by atoms with Crippen molar-refractivity contribution in [3.8, 4) is 0 Å². The van der Waals surface area contributed by atoms with E-state index >= 15 is 0 Å².